The summed E-state index contributed by atoms with van der Waals surface area (Å²) >= 11 is 6.35. The van der Waals surface area contributed by atoms with Crippen molar-refractivity contribution < 1.29 is 28.0 Å². The normalized spacial score (nSPS) is 27.5. The fraction of sp³-hybridized carbons (Fsp3) is 0.543. The predicted molar refractivity (Wildman–Crippen MR) is 180 cm³/mol. The maximum Gasteiger partial charge on any atom is 0.287 e. The van der Waals surface area contributed by atoms with Crippen molar-refractivity contribution in [2.24, 2.45) is 22.1 Å². The molecule has 3 aliphatic rings. The highest BCUT2D eigenvalue weighted by Gasteiger charge is 2.38. The Morgan fingerprint density at radius 1 is 1.15 bits per heavy atom. The van der Waals surface area contributed by atoms with Gasteiger partial charge in [-0.05, 0) is 99.2 Å². The summed E-state index contributed by atoms with van der Waals surface area (Å²) in [5.41, 5.74) is 1.59. The first kappa shape index (κ1) is 34.4. The first-order valence-corrected chi connectivity index (χ1v) is 18.0. The third-order valence-electron chi connectivity index (χ3n) is 9.25. The number of nitrogens with one attached hydrogen (secondary N) is 1. The van der Waals surface area contributed by atoms with Gasteiger partial charge in [0, 0.05) is 31.1 Å². The second-order valence-electron chi connectivity index (χ2n) is 13.2. The van der Waals surface area contributed by atoms with Crippen LogP contribution in [0.3, 0.4) is 0 Å². The molecule has 2 amide bonds. The number of aryl methyl sites for hydroxylation is 1. The highest BCUT2D eigenvalue weighted by Crippen LogP contribution is 2.42. The molecule has 5 rings (SSSR count). The Morgan fingerprint density at radius 3 is 2.67 bits per heavy atom. The molecule has 0 radical (unpaired) electrons. The Morgan fingerprint density at radius 2 is 1.96 bits per heavy atom. The summed E-state index contributed by atoms with van der Waals surface area (Å²) in [6.45, 7) is 8.56. The second kappa shape index (κ2) is 14.5. The Kier molecular flexibility index (Phi) is 10.8. The Balaban J connectivity index is 1.66. The number of ether oxygens (including phenoxy) is 3. The summed E-state index contributed by atoms with van der Waals surface area (Å²) in [6.07, 6.45) is 8.64. The first-order chi connectivity index (χ1) is 21.9. The van der Waals surface area contributed by atoms with Gasteiger partial charge >= 0.3 is 0 Å². The first-order valence-electron chi connectivity index (χ1n) is 16.2. The number of hydrogen-bond donors (Lipinski definition) is 1. The lowest BCUT2D eigenvalue weighted by Crippen LogP contribution is -2.44. The molecule has 0 unspecified atom stereocenters. The summed E-state index contributed by atoms with van der Waals surface area (Å²) in [6, 6.07) is 11.1. The molecule has 2 heterocycles. The number of carbonyl (C=O) groups is 2. The van der Waals surface area contributed by atoms with Crippen LogP contribution in [0.4, 0.5) is 5.69 Å². The highest BCUT2D eigenvalue weighted by molar-refractivity contribution is 7.92. The summed E-state index contributed by atoms with van der Waals surface area (Å²) in [5.74, 6) is -0.390. The van der Waals surface area contributed by atoms with Gasteiger partial charge in [-0.3, -0.25) is 14.3 Å². The quantitative estimate of drug-likeness (QED) is 0.371. The SMILES string of the molecule is CO[C@H]1/C=C/COC(C)(C)C(=O)N=[S@](=O)(NC(=O)C(C)C)c2ccc3c(c2)N(CCCCc2cc(Cl)ccc2CO3)C[C@@H]2CC[C@H]21. The van der Waals surface area contributed by atoms with Crippen LogP contribution >= 0.6 is 11.6 Å². The third kappa shape index (κ3) is 7.78. The van der Waals surface area contributed by atoms with Crippen molar-refractivity contribution in [1.29, 1.82) is 0 Å². The van der Waals surface area contributed by atoms with Crippen molar-refractivity contribution in [1.82, 2.24) is 4.72 Å². The number of carbonyl (C=O) groups excluding carboxylic acids is 2. The molecule has 2 aliphatic heterocycles. The average molecular weight is 672 g/mol. The van der Waals surface area contributed by atoms with Gasteiger partial charge in [-0.25, -0.2) is 4.21 Å². The van der Waals surface area contributed by atoms with Gasteiger partial charge in [0.2, 0.25) is 5.91 Å². The summed E-state index contributed by atoms with van der Waals surface area (Å²) < 4.78 is 39.9. The molecule has 9 nitrogen and oxygen atoms in total. The molecule has 2 bridgehead atoms. The van der Waals surface area contributed by atoms with Crippen LogP contribution in [0, 0.1) is 17.8 Å². The van der Waals surface area contributed by atoms with E-state index in [1.165, 1.54) is 5.56 Å². The molecule has 0 spiro atoms. The van der Waals surface area contributed by atoms with Crippen LogP contribution in [0.5, 0.6) is 5.75 Å². The monoisotopic (exact) mass is 671 g/mol. The smallest absolute Gasteiger partial charge is 0.287 e. The van der Waals surface area contributed by atoms with Gasteiger partial charge in [0.25, 0.3) is 5.91 Å². The van der Waals surface area contributed by atoms with Crippen molar-refractivity contribution in [3.63, 3.8) is 0 Å². The van der Waals surface area contributed by atoms with Crippen molar-refractivity contribution in [3.8, 4) is 5.75 Å². The molecule has 11 heteroatoms. The van der Waals surface area contributed by atoms with Gasteiger partial charge in [-0.1, -0.05) is 43.7 Å². The van der Waals surface area contributed by atoms with Crippen LogP contribution in [0.2, 0.25) is 5.02 Å². The zero-order chi connectivity index (χ0) is 33.1. The molecule has 4 atom stereocenters. The number of nitrogens with zero attached hydrogens (tertiary/aromatic N) is 2. The van der Waals surface area contributed by atoms with Crippen LogP contribution in [0.15, 0.2) is 57.8 Å². The Bertz CT molecular complexity index is 1600. The lowest BCUT2D eigenvalue weighted by Gasteiger charge is -2.43. The van der Waals surface area contributed by atoms with Crippen LogP contribution < -0.4 is 14.4 Å². The molecule has 46 heavy (non-hydrogen) atoms. The minimum absolute atomic E-state index is 0.0889. The number of methoxy groups -OCH3 is 1. The summed E-state index contributed by atoms with van der Waals surface area (Å²) in [4.78, 5) is 29.1. The van der Waals surface area contributed by atoms with Gasteiger partial charge in [0.15, 0.2) is 9.92 Å². The van der Waals surface area contributed by atoms with E-state index in [1.54, 1.807) is 53.0 Å². The number of halogens is 1. The number of amides is 2. The van der Waals surface area contributed by atoms with Crippen LogP contribution in [-0.2, 0) is 42.0 Å². The largest absolute Gasteiger partial charge is 0.487 e. The number of benzene rings is 2. The van der Waals surface area contributed by atoms with E-state index in [2.05, 4.69) is 14.0 Å². The molecule has 1 fully saturated rings. The molecular weight excluding hydrogens is 626 g/mol. The number of rotatable bonds is 3. The third-order valence-corrected chi connectivity index (χ3v) is 11.3. The topological polar surface area (TPSA) is 107 Å². The zero-order valence-corrected chi connectivity index (χ0v) is 29.0. The molecule has 0 saturated heterocycles. The van der Waals surface area contributed by atoms with Crippen molar-refractivity contribution in [2.75, 3.05) is 31.7 Å². The average Bonchev–Trinajstić information content (AvgIpc) is 3.03. The highest BCUT2D eigenvalue weighted by atomic mass is 35.5. The molecule has 1 N–H and O–H groups in total. The summed E-state index contributed by atoms with van der Waals surface area (Å²) in [7, 11) is -2.02. The standard InChI is InChI=1S/C35H46ClN3O6S/c1-23(2)33(40)37-46(42)28-14-16-32-30(20-28)39(17-7-6-9-24-19-27(36)13-11-26(24)22-44-32)21-25-12-15-29(25)31(43-5)10-8-18-45-35(3,4)34(41)38-46/h8,10-11,13-14,16,19-20,23,25,29,31H,6-7,9,12,15,17-18,21-22H2,1-5H3,(H,37,38,40,41,42)/b10-8+/t25-,29+,31-,46+/m0/s1. The maximum absolute atomic E-state index is 14.7. The van der Waals surface area contributed by atoms with Gasteiger partial charge in [-0.2, -0.15) is 0 Å². The molecule has 250 valence electrons. The maximum atomic E-state index is 14.7. The van der Waals surface area contributed by atoms with E-state index in [0.29, 0.717) is 29.2 Å². The Hall–Kier alpha value is -2.92. The number of anilines is 1. The number of fused-ring (bicyclic) bond motifs is 3. The minimum atomic E-state index is -3.74. The number of hydrogen-bond acceptors (Lipinski definition) is 7. The van der Waals surface area contributed by atoms with E-state index >= 15 is 0 Å². The second-order valence-corrected chi connectivity index (χ2v) is 15.6. The van der Waals surface area contributed by atoms with Gasteiger partial charge in [0.1, 0.15) is 18.0 Å². The Labute approximate surface area is 278 Å². The fourth-order valence-electron chi connectivity index (χ4n) is 6.15. The van der Waals surface area contributed by atoms with E-state index in [4.69, 9.17) is 25.8 Å². The molecular formula is C35H46ClN3O6S. The van der Waals surface area contributed by atoms with Gasteiger partial charge < -0.3 is 19.1 Å². The minimum Gasteiger partial charge on any atom is -0.487 e. The van der Waals surface area contributed by atoms with Crippen molar-refractivity contribution in [2.45, 2.75) is 83.0 Å². The summed E-state index contributed by atoms with van der Waals surface area (Å²) in [5, 5.41) is 0.701. The van der Waals surface area contributed by atoms with Gasteiger partial charge in [0.05, 0.1) is 23.3 Å². The van der Waals surface area contributed by atoms with E-state index in [9.17, 15) is 13.8 Å². The van der Waals surface area contributed by atoms with Crippen molar-refractivity contribution in [3.05, 3.63) is 64.7 Å². The van der Waals surface area contributed by atoms with Crippen LogP contribution in [-0.4, -0.2) is 54.5 Å². The lowest BCUT2D eigenvalue weighted by atomic mass is 9.70. The fourth-order valence-corrected chi connectivity index (χ4v) is 8.10. The lowest BCUT2D eigenvalue weighted by molar-refractivity contribution is -0.137. The molecule has 0 aromatic heterocycles. The predicted octanol–water partition coefficient (Wildman–Crippen LogP) is 6.51. The van der Waals surface area contributed by atoms with E-state index in [-0.39, 0.29) is 17.6 Å². The van der Waals surface area contributed by atoms with Crippen molar-refractivity contribution >= 4 is 39.0 Å². The zero-order valence-electron chi connectivity index (χ0n) is 27.4. The molecule has 2 aromatic carbocycles. The molecule has 1 saturated carbocycles. The molecule has 2 aromatic rings. The van der Waals surface area contributed by atoms with Crippen LogP contribution in [0.1, 0.15) is 64.5 Å². The van der Waals surface area contributed by atoms with Crippen LogP contribution in [0.25, 0.3) is 0 Å². The van der Waals surface area contributed by atoms with E-state index < -0.39 is 33.2 Å². The molecule has 1 aliphatic carbocycles. The van der Waals surface area contributed by atoms with E-state index in [0.717, 1.165) is 56.4 Å². The van der Waals surface area contributed by atoms with Gasteiger partial charge in [-0.15, -0.1) is 4.36 Å². The van der Waals surface area contributed by atoms with E-state index in [1.807, 2.05) is 30.4 Å².